The van der Waals surface area contributed by atoms with Crippen LogP contribution in [0.15, 0.2) is 29.2 Å². The van der Waals surface area contributed by atoms with Crippen LogP contribution in [0.1, 0.15) is 13.3 Å². The number of urea groups is 1. The highest BCUT2D eigenvalue weighted by molar-refractivity contribution is 7.89. The van der Waals surface area contributed by atoms with E-state index in [0.717, 1.165) is 0 Å². The van der Waals surface area contributed by atoms with Gasteiger partial charge in [-0.2, -0.15) is 0 Å². The lowest BCUT2D eigenvalue weighted by molar-refractivity contribution is -0.139. The Morgan fingerprint density at radius 1 is 1.30 bits per heavy atom. The summed E-state index contributed by atoms with van der Waals surface area (Å²) in [6.45, 7) is 1.62. The van der Waals surface area contributed by atoms with E-state index in [9.17, 15) is 18.0 Å². The molecule has 2 amide bonds. The first-order valence-electron chi connectivity index (χ1n) is 5.67. The Hall–Kier alpha value is -2.13. The number of carboxylic acids is 1. The zero-order valence-electron chi connectivity index (χ0n) is 10.7. The monoisotopic (exact) mass is 301 g/mol. The quantitative estimate of drug-likeness (QED) is 0.620. The maximum atomic E-state index is 11.5. The van der Waals surface area contributed by atoms with Crippen LogP contribution >= 0.6 is 0 Å². The fraction of sp³-hybridized carbons (Fsp3) is 0.273. The highest BCUT2D eigenvalue weighted by Crippen LogP contribution is 2.12. The number of carbonyl (C=O) groups is 2. The number of anilines is 1. The maximum absolute atomic E-state index is 11.5. The predicted molar refractivity (Wildman–Crippen MR) is 71.7 cm³/mol. The Balaban J connectivity index is 2.70. The zero-order chi connectivity index (χ0) is 15.3. The number of carboxylic acid groups (broad SMARTS) is 1. The first-order chi connectivity index (χ1) is 9.24. The second-order valence-corrected chi connectivity index (χ2v) is 5.53. The van der Waals surface area contributed by atoms with Crippen LogP contribution in [-0.4, -0.2) is 31.6 Å². The molecule has 1 atom stereocenters. The van der Waals surface area contributed by atoms with Gasteiger partial charge >= 0.3 is 12.0 Å². The number of sulfonamides is 1. The number of primary sulfonamides is 1. The van der Waals surface area contributed by atoms with E-state index >= 15 is 0 Å². The van der Waals surface area contributed by atoms with Gasteiger partial charge in [-0.25, -0.2) is 23.1 Å². The van der Waals surface area contributed by atoms with Gasteiger partial charge in [0.25, 0.3) is 0 Å². The van der Waals surface area contributed by atoms with Crippen molar-refractivity contribution in [2.24, 2.45) is 5.14 Å². The molecule has 0 aromatic heterocycles. The summed E-state index contributed by atoms with van der Waals surface area (Å²) < 4.78 is 22.1. The molecule has 1 aromatic rings. The standard InChI is InChI=1S/C11H15N3O5S/c1-2-9(10(15)16)14-11(17)13-7-3-5-8(6-4-7)20(12,18)19/h3-6,9H,2H2,1H3,(H,15,16)(H2,12,18,19)(H2,13,14,17)/t9-/m1/s1. The van der Waals surface area contributed by atoms with Gasteiger partial charge in [0.05, 0.1) is 4.90 Å². The number of nitrogens with two attached hydrogens (primary N) is 1. The lowest BCUT2D eigenvalue weighted by Gasteiger charge is -2.13. The van der Waals surface area contributed by atoms with Gasteiger partial charge in [-0.3, -0.25) is 0 Å². The van der Waals surface area contributed by atoms with Crippen molar-refractivity contribution in [2.75, 3.05) is 5.32 Å². The van der Waals surface area contributed by atoms with E-state index < -0.39 is 28.1 Å². The van der Waals surface area contributed by atoms with E-state index in [1.54, 1.807) is 6.92 Å². The van der Waals surface area contributed by atoms with Crippen molar-refractivity contribution in [1.82, 2.24) is 5.32 Å². The fourth-order valence-electron chi connectivity index (χ4n) is 1.39. The summed E-state index contributed by atoms with van der Waals surface area (Å²) in [5.74, 6) is -1.13. The minimum Gasteiger partial charge on any atom is -0.480 e. The molecule has 0 fully saturated rings. The molecule has 0 bridgehead atoms. The van der Waals surface area contributed by atoms with Crippen LogP contribution in [0.3, 0.4) is 0 Å². The summed E-state index contributed by atoms with van der Waals surface area (Å²) in [7, 11) is -3.79. The minimum atomic E-state index is -3.79. The van der Waals surface area contributed by atoms with Gasteiger partial charge in [-0.05, 0) is 30.7 Å². The number of amides is 2. The zero-order valence-corrected chi connectivity index (χ0v) is 11.5. The largest absolute Gasteiger partial charge is 0.480 e. The first-order valence-corrected chi connectivity index (χ1v) is 7.22. The number of hydrogen-bond donors (Lipinski definition) is 4. The highest BCUT2D eigenvalue weighted by Gasteiger charge is 2.17. The lowest BCUT2D eigenvalue weighted by atomic mass is 10.2. The third kappa shape index (κ3) is 4.52. The number of aliphatic carboxylic acids is 1. The summed E-state index contributed by atoms with van der Waals surface area (Å²) in [4.78, 5) is 22.2. The molecule has 0 unspecified atom stereocenters. The van der Waals surface area contributed by atoms with E-state index in [4.69, 9.17) is 10.2 Å². The van der Waals surface area contributed by atoms with Crippen molar-refractivity contribution in [1.29, 1.82) is 0 Å². The van der Waals surface area contributed by atoms with Crippen LogP contribution in [0.5, 0.6) is 0 Å². The van der Waals surface area contributed by atoms with Gasteiger partial charge in [-0.1, -0.05) is 6.92 Å². The van der Waals surface area contributed by atoms with Crippen LogP contribution < -0.4 is 15.8 Å². The molecule has 0 aliphatic carbocycles. The molecular weight excluding hydrogens is 286 g/mol. The highest BCUT2D eigenvalue weighted by atomic mass is 32.2. The molecule has 5 N–H and O–H groups in total. The molecule has 1 aromatic carbocycles. The van der Waals surface area contributed by atoms with Crippen LogP contribution in [0, 0.1) is 0 Å². The fourth-order valence-corrected chi connectivity index (χ4v) is 1.91. The number of carbonyl (C=O) groups excluding carboxylic acids is 1. The van der Waals surface area contributed by atoms with Crippen molar-refractivity contribution in [3.8, 4) is 0 Å². The molecule has 0 aliphatic heterocycles. The number of benzene rings is 1. The van der Waals surface area contributed by atoms with Crippen molar-refractivity contribution in [2.45, 2.75) is 24.3 Å². The number of hydrogen-bond acceptors (Lipinski definition) is 4. The molecule has 0 aliphatic rings. The van der Waals surface area contributed by atoms with Crippen LogP contribution in [0.2, 0.25) is 0 Å². The van der Waals surface area contributed by atoms with E-state index in [0.29, 0.717) is 5.69 Å². The van der Waals surface area contributed by atoms with Gasteiger partial charge in [0.1, 0.15) is 6.04 Å². The second kappa shape index (κ2) is 6.35. The number of nitrogens with one attached hydrogen (secondary N) is 2. The van der Waals surface area contributed by atoms with Crippen LogP contribution in [-0.2, 0) is 14.8 Å². The smallest absolute Gasteiger partial charge is 0.326 e. The summed E-state index contributed by atoms with van der Waals surface area (Å²) in [6, 6.07) is 3.49. The van der Waals surface area contributed by atoms with Gasteiger partial charge in [0.15, 0.2) is 0 Å². The van der Waals surface area contributed by atoms with Crippen LogP contribution in [0.4, 0.5) is 10.5 Å². The molecule has 0 saturated heterocycles. The van der Waals surface area contributed by atoms with Crippen molar-refractivity contribution < 1.29 is 23.1 Å². The molecule has 0 spiro atoms. The molecule has 0 radical (unpaired) electrons. The summed E-state index contributed by atoms with van der Waals surface area (Å²) in [5.41, 5.74) is 0.315. The molecule has 8 nitrogen and oxygen atoms in total. The topological polar surface area (TPSA) is 139 Å². The Labute approximate surface area is 116 Å². The van der Waals surface area contributed by atoms with E-state index in [-0.39, 0.29) is 11.3 Å². The van der Waals surface area contributed by atoms with E-state index in [1.165, 1.54) is 24.3 Å². The van der Waals surface area contributed by atoms with E-state index in [1.807, 2.05) is 0 Å². The molecule has 20 heavy (non-hydrogen) atoms. The molecular formula is C11H15N3O5S. The second-order valence-electron chi connectivity index (χ2n) is 3.97. The Morgan fingerprint density at radius 3 is 2.25 bits per heavy atom. The normalized spacial score (nSPS) is 12.5. The molecule has 0 saturated carbocycles. The third-order valence-corrected chi connectivity index (χ3v) is 3.38. The third-order valence-electron chi connectivity index (χ3n) is 2.45. The molecule has 0 heterocycles. The predicted octanol–water partition coefficient (Wildman–Crippen LogP) is 0.319. The summed E-state index contributed by atoms with van der Waals surface area (Å²) in [6.07, 6.45) is 0.243. The van der Waals surface area contributed by atoms with Gasteiger partial charge in [0.2, 0.25) is 10.0 Å². The Bertz CT molecular complexity index is 597. The first kappa shape index (κ1) is 15.9. The van der Waals surface area contributed by atoms with Crippen molar-refractivity contribution in [3.63, 3.8) is 0 Å². The van der Waals surface area contributed by atoms with Gasteiger partial charge in [0, 0.05) is 5.69 Å². The number of rotatable bonds is 5. The Morgan fingerprint density at radius 2 is 1.85 bits per heavy atom. The minimum absolute atomic E-state index is 0.0829. The lowest BCUT2D eigenvalue weighted by Crippen LogP contribution is -2.42. The van der Waals surface area contributed by atoms with Crippen molar-refractivity contribution >= 4 is 27.7 Å². The average Bonchev–Trinajstić information content (AvgIpc) is 2.35. The van der Waals surface area contributed by atoms with Crippen molar-refractivity contribution in [3.05, 3.63) is 24.3 Å². The van der Waals surface area contributed by atoms with Gasteiger partial charge in [-0.15, -0.1) is 0 Å². The SMILES string of the molecule is CC[C@@H](NC(=O)Nc1ccc(S(N)(=O)=O)cc1)C(=O)O. The summed E-state index contributed by atoms with van der Waals surface area (Å²) >= 11 is 0. The molecule has 1 rings (SSSR count). The summed E-state index contributed by atoms with van der Waals surface area (Å²) in [5, 5.41) is 18.4. The van der Waals surface area contributed by atoms with Crippen LogP contribution in [0.25, 0.3) is 0 Å². The average molecular weight is 301 g/mol. The van der Waals surface area contributed by atoms with Gasteiger partial charge < -0.3 is 15.7 Å². The molecule has 110 valence electrons. The maximum Gasteiger partial charge on any atom is 0.326 e. The van der Waals surface area contributed by atoms with E-state index in [2.05, 4.69) is 10.6 Å². The molecule has 9 heteroatoms. The Kier molecular flexibility index (Phi) is 5.06.